The third kappa shape index (κ3) is 4.19. The predicted molar refractivity (Wildman–Crippen MR) is 135 cm³/mol. The van der Waals surface area contributed by atoms with Crippen molar-refractivity contribution in [2.24, 2.45) is 0 Å². The number of piperazine rings is 1. The molecule has 0 radical (unpaired) electrons. The van der Waals surface area contributed by atoms with Gasteiger partial charge in [0, 0.05) is 38.3 Å². The first-order valence-electron chi connectivity index (χ1n) is 11.7. The Morgan fingerprint density at radius 1 is 0.941 bits per heavy atom. The van der Waals surface area contributed by atoms with E-state index in [1.165, 1.54) is 5.56 Å². The minimum atomic E-state index is -0.0729. The first kappa shape index (κ1) is 21.9. The summed E-state index contributed by atoms with van der Waals surface area (Å²) in [6.07, 6.45) is 0.737. The Bertz CT molecular complexity index is 1310. The molecule has 2 aromatic carbocycles. The first-order valence-corrected chi connectivity index (χ1v) is 11.7. The summed E-state index contributed by atoms with van der Waals surface area (Å²) < 4.78 is 1.91. The number of rotatable bonds is 4. The zero-order valence-corrected chi connectivity index (χ0v) is 19.8. The van der Waals surface area contributed by atoms with Crippen LogP contribution in [0.15, 0.2) is 54.6 Å². The maximum absolute atomic E-state index is 12.7. The fourth-order valence-electron chi connectivity index (χ4n) is 4.30. The number of nitrogens with one attached hydrogen (secondary N) is 1. The van der Waals surface area contributed by atoms with Crippen molar-refractivity contribution in [2.75, 3.05) is 36.4 Å². The van der Waals surface area contributed by atoms with Gasteiger partial charge in [0.2, 0.25) is 0 Å². The summed E-state index contributed by atoms with van der Waals surface area (Å²) in [4.78, 5) is 26.6. The summed E-state index contributed by atoms with van der Waals surface area (Å²) in [6.45, 7) is 8.80. The number of aryl methyl sites for hydroxylation is 3. The molecule has 8 nitrogen and oxygen atoms in total. The molecule has 1 saturated heterocycles. The van der Waals surface area contributed by atoms with E-state index < -0.39 is 0 Å². The third-order valence-electron chi connectivity index (χ3n) is 6.22. The number of hydrogen-bond donors (Lipinski definition) is 1. The van der Waals surface area contributed by atoms with Crippen molar-refractivity contribution in [2.45, 2.75) is 27.2 Å². The zero-order valence-electron chi connectivity index (χ0n) is 19.8. The van der Waals surface area contributed by atoms with E-state index in [4.69, 9.17) is 15.1 Å². The van der Waals surface area contributed by atoms with Gasteiger partial charge in [0.15, 0.2) is 5.65 Å². The smallest absolute Gasteiger partial charge is 0.321 e. The molecule has 4 aromatic rings. The second kappa shape index (κ2) is 9.13. The van der Waals surface area contributed by atoms with Crippen molar-refractivity contribution in [3.63, 3.8) is 0 Å². The maximum Gasteiger partial charge on any atom is 0.321 e. The molecule has 1 aliphatic heterocycles. The van der Waals surface area contributed by atoms with E-state index in [-0.39, 0.29) is 6.03 Å². The fourth-order valence-corrected chi connectivity index (χ4v) is 4.30. The molecule has 1 aliphatic rings. The van der Waals surface area contributed by atoms with Crippen molar-refractivity contribution < 1.29 is 4.79 Å². The normalized spacial score (nSPS) is 14.0. The fraction of sp³-hybridized carbons (Fsp3) is 0.308. The van der Waals surface area contributed by atoms with Gasteiger partial charge >= 0.3 is 6.03 Å². The lowest BCUT2D eigenvalue weighted by atomic mass is 10.2. The van der Waals surface area contributed by atoms with E-state index in [0.717, 1.165) is 46.2 Å². The van der Waals surface area contributed by atoms with Crippen molar-refractivity contribution in [3.8, 4) is 5.69 Å². The second-order valence-corrected chi connectivity index (χ2v) is 8.62. The number of nitrogens with zero attached hydrogens (tertiary/aromatic N) is 6. The van der Waals surface area contributed by atoms with Gasteiger partial charge < -0.3 is 15.1 Å². The van der Waals surface area contributed by atoms with E-state index >= 15 is 0 Å². The number of fused-ring (bicyclic) bond motifs is 1. The van der Waals surface area contributed by atoms with Gasteiger partial charge in [-0.2, -0.15) is 5.10 Å². The standard InChI is InChI=1S/C26H29N7O/c1-4-22-28-24(23-19(3)30-33(25(23)29-22)21-12-10-18(2)11-13-21)31-14-16-32(17-15-31)26(34)27-20-8-6-5-7-9-20/h5-13H,4,14-17H2,1-3H3,(H,27,34). The summed E-state index contributed by atoms with van der Waals surface area (Å²) >= 11 is 0. The molecule has 8 heteroatoms. The van der Waals surface area contributed by atoms with Crippen LogP contribution in [0.2, 0.25) is 0 Å². The zero-order chi connectivity index (χ0) is 23.7. The van der Waals surface area contributed by atoms with Gasteiger partial charge in [-0.15, -0.1) is 0 Å². The van der Waals surface area contributed by atoms with Crippen LogP contribution in [0.25, 0.3) is 16.7 Å². The highest BCUT2D eigenvalue weighted by Gasteiger charge is 2.26. The lowest BCUT2D eigenvalue weighted by molar-refractivity contribution is 0.208. The van der Waals surface area contributed by atoms with Crippen molar-refractivity contribution in [1.29, 1.82) is 0 Å². The van der Waals surface area contributed by atoms with Gasteiger partial charge in [0.25, 0.3) is 0 Å². The van der Waals surface area contributed by atoms with Crippen molar-refractivity contribution in [3.05, 3.63) is 71.7 Å². The van der Waals surface area contributed by atoms with Crippen LogP contribution in [0.5, 0.6) is 0 Å². The molecule has 0 bridgehead atoms. The molecule has 2 aromatic heterocycles. The molecule has 0 atom stereocenters. The van der Waals surface area contributed by atoms with E-state index in [0.29, 0.717) is 26.2 Å². The van der Waals surface area contributed by atoms with Gasteiger partial charge in [0.05, 0.1) is 16.8 Å². The highest BCUT2D eigenvalue weighted by atomic mass is 16.2. The Kier molecular flexibility index (Phi) is 5.88. The van der Waals surface area contributed by atoms with Crippen LogP contribution < -0.4 is 10.2 Å². The van der Waals surface area contributed by atoms with Crippen LogP contribution in [0.4, 0.5) is 16.3 Å². The monoisotopic (exact) mass is 455 g/mol. The van der Waals surface area contributed by atoms with Crippen LogP contribution in [0.1, 0.15) is 24.0 Å². The molecule has 34 heavy (non-hydrogen) atoms. The summed E-state index contributed by atoms with van der Waals surface area (Å²) in [5.74, 6) is 1.70. The summed E-state index contributed by atoms with van der Waals surface area (Å²) in [6, 6.07) is 17.8. The number of carbonyl (C=O) groups excluding carboxylic acids is 1. The highest BCUT2D eigenvalue weighted by molar-refractivity contribution is 5.92. The molecule has 0 aliphatic carbocycles. The number of amides is 2. The number of hydrogen-bond acceptors (Lipinski definition) is 5. The maximum atomic E-state index is 12.7. The number of aromatic nitrogens is 4. The topological polar surface area (TPSA) is 79.2 Å². The Morgan fingerprint density at radius 2 is 1.65 bits per heavy atom. The average Bonchev–Trinajstić information content (AvgIpc) is 3.21. The van der Waals surface area contributed by atoms with Crippen molar-refractivity contribution in [1.82, 2.24) is 24.6 Å². The quantitative estimate of drug-likeness (QED) is 0.495. The molecular weight excluding hydrogens is 426 g/mol. The molecule has 3 heterocycles. The van der Waals surface area contributed by atoms with E-state index in [1.807, 2.05) is 46.8 Å². The molecule has 0 saturated carbocycles. The lowest BCUT2D eigenvalue weighted by Gasteiger charge is -2.35. The van der Waals surface area contributed by atoms with Gasteiger partial charge in [-0.1, -0.05) is 42.8 Å². The summed E-state index contributed by atoms with van der Waals surface area (Å²) in [5.41, 5.74) is 4.72. The molecule has 1 N–H and O–H groups in total. The van der Waals surface area contributed by atoms with Crippen LogP contribution in [-0.2, 0) is 6.42 Å². The lowest BCUT2D eigenvalue weighted by Crippen LogP contribution is -2.50. The predicted octanol–water partition coefficient (Wildman–Crippen LogP) is 4.35. The van der Waals surface area contributed by atoms with E-state index in [2.05, 4.69) is 48.3 Å². The average molecular weight is 456 g/mol. The second-order valence-electron chi connectivity index (χ2n) is 8.62. The number of carbonyl (C=O) groups is 1. The largest absolute Gasteiger partial charge is 0.352 e. The van der Waals surface area contributed by atoms with Gasteiger partial charge in [-0.3, -0.25) is 0 Å². The molecule has 0 unspecified atom stereocenters. The molecule has 0 spiro atoms. The first-order chi connectivity index (χ1) is 16.5. The molecule has 1 fully saturated rings. The molecule has 5 rings (SSSR count). The minimum absolute atomic E-state index is 0.0729. The Labute approximate surface area is 199 Å². The Hall–Kier alpha value is -3.94. The van der Waals surface area contributed by atoms with Crippen LogP contribution >= 0.6 is 0 Å². The van der Waals surface area contributed by atoms with Gasteiger partial charge in [0.1, 0.15) is 11.6 Å². The SMILES string of the molecule is CCc1nc(N2CCN(C(=O)Nc3ccccc3)CC2)c2c(C)nn(-c3ccc(C)cc3)c2n1. The summed E-state index contributed by atoms with van der Waals surface area (Å²) in [7, 11) is 0. The number of benzene rings is 2. The minimum Gasteiger partial charge on any atom is -0.352 e. The van der Waals surface area contributed by atoms with E-state index in [1.54, 1.807) is 0 Å². The Balaban J connectivity index is 1.42. The van der Waals surface area contributed by atoms with Gasteiger partial charge in [-0.25, -0.2) is 19.4 Å². The van der Waals surface area contributed by atoms with Crippen LogP contribution in [-0.4, -0.2) is 56.9 Å². The highest BCUT2D eigenvalue weighted by Crippen LogP contribution is 2.30. The van der Waals surface area contributed by atoms with Gasteiger partial charge in [-0.05, 0) is 38.1 Å². The molecule has 174 valence electrons. The molecule has 2 amide bonds. The Morgan fingerprint density at radius 3 is 2.32 bits per heavy atom. The van der Waals surface area contributed by atoms with Crippen LogP contribution in [0, 0.1) is 13.8 Å². The summed E-state index contributed by atoms with van der Waals surface area (Å²) in [5, 5.41) is 8.77. The number of para-hydroxylation sites is 1. The van der Waals surface area contributed by atoms with E-state index in [9.17, 15) is 4.79 Å². The third-order valence-corrected chi connectivity index (χ3v) is 6.22. The molecular formula is C26H29N7O. The van der Waals surface area contributed by atoms with Crippen LogP contribution in [0.3, 0.4) is 0 Å². The van der Waals surface area contributed by atoms with Crippen molar-refractivity contribution >= 4 is 28.6 Å². The number of urea groups is 1. The number of anilines is 2.